The smallest absolute Gasteiger partial charge is 0.0615 e. The fraction of sp³-hybridized carbons (Fsp3) is 0.571. The van der Waals surface area contributed by atoms with Crippen LogP contribution >= 0.6 is 11.6 Å². The van der Waals surface area contributed by atoms with Gasteiger partial charge in [0.15, 0.2) is 0 Å². The molecule has 96 valence electrons. The zero-order valence-corrected chi connectivity index (χ0v) is 11.5. The van der Waals surface area contributed by atoms with Crippen LogP contribution in [0, 0.1) is 18.8 Å². The number of rotatable bonds is 0. The van der Waals surface area contributed by atoms with E-state index in [4.69, 9.17) is 11.6 Å². The van der Waals surface area contributed by atoms with Crippen LogP contribution in [0.3, 0.4) is 0 Å². The molecule has 1 aromatic carbocycles. The van der Waals surface area contributed by atoms with Gasteiger partial charge in [-0.1, -0.05) is 37.6 Å². The van der Waals surface area contributed by atoms with Crippen molar-refractivity contribution in [2.75, 3.05) is 13.1 Å². The second-order valence-electron chi connectivity index (χ2n) is 4.90. The Morgan fingerprint density at radius 2 is 1.82 bits per heavy atom. The minimum Gasteiger partial charge on any atom is -0.392 e. The summed E-state index contributed by atoms with van der Waals surface area (Å²) < 4.78 is 0. The van der Waals surface area contributed by atoms with Gasteiger partial charge in [-0.15, -0.1) is 0 Å². The van der Waals surface area contributed by atoms with Crippen LogP contribution in [0.4, 0.5) is 0 Å². The lowest BCUT2D eigenvalue weighted by molar-refractivity contribution is 0.0434. The van der Waals surface area contributed by atoms with Crippen molar-refractivity contribution < 1.29 is 5.11 Å². The molecular formula is C14H22ClNO. The molecule has 1 fully saturated rings. The molecule has 1 aromatic rings. The molecule has 1 aliphatic rings. The van der Waals surface area contributed by atoms with Gasteiger partial charge in [-0.05, 0) is 36.5 Å². The molecule has 17 heavy (non-hydrogen) atoms. The minimum atomic E-state index is -0.0914. The van der Waals surface area contributed by atoms with Gasteiger partial charge in [0.25, 0.3) is 0 Å². The van der Waals surface area contributed by atoms with Crippen LogP contribution < -0.4 is 5.32 Å². The van der Waals surface area contributed by atoms with E-state index in [0.717, 1.165) is 18.1 Å². The normalized spacial score (nSPS) is 28.2. The predicted octanol–water partition coefficient (Wildman–Crippen LogP) is 2.87. The van der Waals surface area contributed by atoms with Crippen molar-refractivity contribution in [1.29, 1.82) is 0 Å². The third-order valence-corrected chi connectivity index (χ3v) is 3.31. The maximum absolute atomic E-state index is 9.41. The van der Waals surface area contributed by atoms with Crippen LogP contribution in [0.2, 0.25) is 5.02 Å². The molecule has 1 heterocycles. The summed E-state index contributed by atoms with van der Waals surface area (Å²) in [6.45, 7) is 8.10. The first-order valence-electron chi connectivity index (χ1n) is 6.11. The predicted molar refractivity (Wildman–Crippen MR) is 73.4 cm³/mol. The van der Waals surface area contributed by atoms with Crippen LogP contribution in [0.15, 0.2) is 24.3 Å². The molecule has 2 nitrogen and oxygen atoms in total. The molecule has 0 bridgehead atoms. The molecular weight excluding hydrogens is 234 g/mol. The summed E-state index contributed by atoms with van der Waals surface area (Å²) in [7, 11) is 0. The van der Waals surface area contributed by atoms with Crippen LogP contribution in [-0.4, -0.2) is 24.3 Å². The van der Waals surface area contributed by atoms with Crippen molar-refractivity contribution in [2.24, 2.45) is 11.8 Å². The molecule has 0 saturated carbocycles. The Bertz CT molecular complexity index is 315. The van der Waals surface area contributed by atoms with Crippen molar-refractivity contribution >= 4 is 11.6 Å². The topological polar surface area (TPSA) is 32.3 Å². The maximum Gasteiger partial charge on any atom is 0.0615 e. The molecule has 2 N–H and O–H groups in total. The van der Waals surface area contributed by atoms with E-state index in [0.29, 0.717) is 11.8 Å². The van der Waals surface area contributed by atoms with Gasteiger partial charge in [0.05, 0.1) is 6.10 Å². The average Bonchev–Trinajstić information content (AvgIpc) is 2.26. The average molecular weight is 256 g/mol. The molecule has 1 aliphatic heterocycles. The van der Waals surface area contributed by atoms with Crippen molar-refractivity contribution in [3.63, 3.8) is 0 Å². The van der Waals surface area contributed by atoms with Crippen LogP contribution in [0.25, 0.3) is 0 Å². The Balaban J connectivity index is 0.000000171. The number of aryl methyl sites for hydroxylation is 1. The van der Waals surface area contributed by atoms with E-state index in [1.807, 2.05) is 31.2 Å². The Morgan fingerprint density at radius 3 is 2.18 bits per heavy atom. The first-order chi connectivity index (χ1) is 8.00. The molecule has 2 atom stereocenters. The third-order valence-electron chi connectivity index (χ3n) is 3.08. The number of nitrogens with one attached hydrogen (secondary N) is 1. The highest BCUT2D eigenvalue weighted by molar-refractivity contribution is 6.30. The lowest BCUT2D eigenvalue weighted by Crippen LogP contribution is -2.44. The van der Waals surface area contributed by atoms with E-state index in [-0.39, 0.29) is 6.10 Å². The fourth-order valence-electron chi connectivity index (χ4n) is 1.95. The lowest BCUT2D eigenvalue weighted by atomic mass is 9.90. The number of aliphatic hydroxyl groups excluding tert-OH is 1. The summed E-state index contributed by atoms with van der Waals surface area (Å²) in [4.78, 5) is 0. The highest BCUT2D eigenvalue weighted by Gasteiger charge is 2.24. The number of hydrogen-bond acceptors (Lipinski definition) is 2. The SMILES string of the molecule is CC1CNCC(C)C1O.Cc1cccc(Cl)c1. The van der Waals surface area contributed by atoms with Gasteiger partial charge in [-0.3, -0.25) is 0 Å². The molecule has 0 spiro atoms. The Morgan fingerprint density at radius 1 is 1.24 bits per heavy atom. The van der Waals surface area contributed by atoms with Gasteiger partial charge >= 0.3 is 0 Å². The summed E-state index contributed by atoms with van der Waals surface area (Å²) >= 11 is 5.64. The number of hydrogen-bond donors (Lipinski definition) is 2. The molecule has 1 saturated heterocycles. The van der Waals surface area contributed by atoms with Crippen molar-refractivity contribution in [1.82, 2.24) is 5.32 Å². The summed E-state index contributed by atoms with van der Waals surface area (Å²) in [6.07, 6.45) is -0.0914. The number of piperidine rings is 1. The first-order valence-corrected chi connectivity index (χ1v) is 6.49. The molecule has 2 rings (SSSR count). The van der Waals surface area contributed by atoms with Gasteiger partial charge in [0, 0.05) is 18.1 Å². The summed E-state index contributed by atoms with van der Waals surface area (Å²) in [5, 5.41) is 13.5. The lowest BCUT2D eigenvalue weighted by Gasteiger charge is -2.30. The van der Waals surface area contributed by atoms with Crippen molar-refractivity contribution in [3.8, 4) is 0 Å². The number of halogens is 1. The van der Waals surface area contributed by atoms with E-state index < -0.39 is 0 Å². The number of benzene rings is 1. The van der Waals surface area contributed by atoms with Gasteiger partial charge in [-0.25, -0.2) is 0 Å². The van der Waals surface area contributed by atoms with Gasteiger partial charge < -0.3 is 10.4 Å². The highest BCUT2D eigenvalue weighted by Crippen LogP contribution is 2.15. The molecule has 0 aromatic heterocycles. The van der Waals surface area contributed by atoms with E-state index in [1.54, 1.807) is 0 Å². The Hall–Kier alpha value is -0.570. The van der Waals surface area contributed by atoms with Crippen molar-refractivity contribution in [3.05, 3.63) is 34.9 Å². The van der Waals surface area contributed by atoms with Gasteiger partial charge in [0.2, 0.25) is 0 Å². The van der Waals surface area contributed by atoms with E-state index in [2.05, 4.69) is 19.2 Å². The third kappa shape index (κ3) is 5.07. The van der Waals surface area contributed by atoms with Crippen LogP contribution in [-0.2, 0) is 0 Å². The maximum atomic E-state index is 9.41. The Kier molecular flexibility index (Phi) is 5.96. The molecule has 2 unspecified atom stereocenters. The monoisotopic (exact) mass is 255 g/mol. The summed E-state index contributed by atoms with van der Waals surface area (Å²) in [5.41, 5.74) is 1.21. The standard InChI is InChI=1S/C7H7Cl.C7H15NO/c1-6-3-2-4-7(8)5-6;1-5-3-8-4-6(2)7(5)9/h2-5H,1H3;5-9H,3-4H2,1-2H3. The second kappa shape index (κ2) is 7.00. The highest BCUT2D eigenvalue weighted by atomic mass is 35.5. The molecule has 0 radical (unpaired) electrons. The molecule has 0 amide bonds. The van der Waals surface area contributed by atoms with Crippen LogP contribution in [0.1, 0.15) is 19.4 Å². The fourth-order valence-corrected chi connectivity index (χ4v) is 2.19. The summed E-state index contributed by atoms with van der Waals surface area (Å²) in [5.74, 6) is 0.850. The number of aliphatic hydroxyl groups is 1. The van der Waals surface area contributed by atoms with Crippen molar-refractivity contribution in [2.45, 2.75) is 26.9 Å². The van der Waals surface area contributed by atoms with Gasteiger partial charge in [-0.2, -0.15) is 0 Å². The quantitative estimate of drug-likeness (QED) is 0.747. The molecule has 3 heteroatoms. The zero-order chi connectivity index (χ0) is 12.8. The van der Waals surface area contributed by atoms with E-state index in [9.17, 15) is 5.11 Å². The molecule has 0 aliphatic carbocycles. The largest absolute Gasteiger partial charge is 0.392 e. The summed E-state index contributed by atoms with van der Waals surface area (Å²) in [6, 6.07) is 7.76. The van der Waals surface area contributed by atoms with E-state index >= 15 is 0 Å². The van der Waals surface area contributed by atoms with Gasteiger partial charge in [0.1, 0.15) is 0 Å². The van der Waals surface area contributed by atoms with Crippen LogP contribution in [0.5, 0.6) is 0 Å². The van der Waals surface area contributed by atoms with E-state index in [1.165, 1.54) is 5.56 Å². The zero-order valence-electron chi connectivity index (χ0n) is 10.8. The minimum absolute atomic E-state index is 0.0914. The Labute approximate surface area is 109 Å². The second-order valence-corrected chi connectivity index (χ2v) is 5.34. The first kappa shape index (κ1) is 14.5.